The fourth-order valence-corrected chi connectivity index (χ4v) is 0.755. The number of amides is 1. The second-order valence-electron chi connectivity index (χ2n) is 2.50. The first-order chi connectivity index (χ1) is 6.31. The van der Waals surface area contributed by atoms with Crippen LogP contribution >= 0.6 is 0 Å². The number of terminal acetylenes is 1. The van der Waals surface area contributed by atoms with E-state index in [1.807, 2.05) is 0 Å². The molecule has 2 N–H and O–H groups in total. The second kappa shape index (κ2) is 9.04. The number of rotatable bonds is 7. The molecule has 0 aromatic rings. The molecule has 74 valence electrons. The van der Waals surface area contributed by atoms with Gasteiger partial charge in [0.2, 0.25) is 5.91 Å². The van der Waals surface area contributed by atoms with Crippen LogP contribution in [0.25, 0.3) is 0 Å². The minimum absolute atomic E-state index is 0.0358. The van der Waals surface area contributed by atoms with Gasteiger partial charge in [0.15, 0.2) is 0 Å². The number of methoxy groups -OCH3 is 1. The summed E-state index contributed by atoms with van der Waals surface area (Å²) in [6.45, 7) is 2.01. The third-order valence-electron chi connectivity index (χ3n) is 1.36. The van der Waals surface area contributed by atoms with E-state index in [-0.39, 0.29) is 12.5 Å². The lowest BCUT2D eigenvalue weighted by atomic mass is 10.4. The van der Waals surface area contributed by atoms with Gasteiger partial charge in [0, 0.05) is 20.3 Å². The molecular formula is C9H16N2O2. The average molecular weight is 184 g/mol. The fraction of sp³-hybridized carbons (Fsp3) is 0.667. The van der Waals surface area contributed by atoms with E-state index in [2.05, 4.69) is 16.6 Å². The molecule has 0 fully saturated rings. The first-order valence-electron chi connectivity index (χ1n) is 4.21. The summed E-state index contributed by atoms with van der Waals surface area (Å²) in [5, 5.41) is 5.52. The van der Waals surface area contributed by atoms with Gasteiger partial charge in [-0.15, -0.1) is 6.42 Å². The molecule has 1 amide bonds. The molecule has 0 aromatic heterocycles. The van der Waals surface area contributed by atoms with Crippen molar-refractivity contribution in [2.45, 2.75) is 6.42 Å². The van der Waals surface area contributed by atoms with E-state index in [1.165, 1.54) is 0 Å². The largest absolute Gasteiger partial charge is 0.385 e. The SMILES string of the molecule is C#CCNCC(=O)NCCCOC. The molecule has 0 aliphatic rings. The summed E-state index contributed by atoms with van der Waals surface area (Å²) < 4.78 is 4.83. The lowest BCUT2D eigenvalue weighted by Gasteiger charge is -2.04. The van der Waals surface area contributed by atoms with Gasteiger partial charge in [-0.3, -0.25) is 10.1 Å². The summed E-state index contributed by atoms with van der Waals surface area (Å²) in [7, 11) is 1.64. The van der Waals surface area contributed by atoms with Crippen LogP contribution < -0.4 is 10.6 Å². The Labute approximate surface area is 79.0 Å². The van der Waals surface area contributed by atoms with Crippen LogP contribution in [-0.4, -0.2) is 39.3 Å². The van der Waals surface area contributed by atoms with Gasteiger partial charge in [-0.25, -0.2) is 0 Å². The second-order valence-corrected chi connectivity index (χ2v) is 2.50. The molecule has 4 nitrogen and oxygen atoms in total. The Kier molecular flexibility index (Phi) is 8.31. The maximum atomic E-state index is 11.0. The zero-order valence-electron chi connectivity index (χ0n) is 7.93. The van der Waals surface area contributed by atoms with Crippen molar-refractivity contribution in [2.75, 3.05) is 33.4 Å². The van der Waals surface area contributed by atoms with Gasteiger partial charge in [0.1, 0.15) is 0 Å². The first-order valence-corrected chi connectivity index (χ1v) is 4.21. The van der Waals surface area contributed by atoms with Crippen LogP contribution in [0.2, 0.25) is 0 Å². The number of nitrogens with one attached hydrogen (secondary N) is 2. The van der Waals surface area contributed by atoms with Gasteiger partial charge in [-0.1, -0.05) is 5.92 Å². The van der Waals surface area contributed by atoms with Gasteiger partial charge >= 0.3 is 0 Å². The van der Waals surface area contributed by atoms with Gasteiger partial charge in [-0.2, -0.15) is 0 Å². The molecule has 0 saturated heterocycles. The normalized spacial score (nSPS) is 9.23. The average Bonchev–Trinajstić information content (AvgIpc) is 2.13. The van der Waals surface area contributed by atoms with E-state index in [0.717, 1.165) is 6.42 Å². The van der Waals surface area contributed by atoms with Crippen molar-refractivity contribution in [3.8, 4) is 12.3 Å². The topological polar surface area (TPSA) is 50.4 Å². The van der Waals surface area contributed by atoms with Crippen LogP contribution in [0, 0.1) is 12.3 Å². The van der Waals surface area contributed by atoms with Crippen molar-refractivity contribution in [1.82, 2.24) is 10.6 Å². The summed E-state index contributed by atoms with van der Waals surface area (Å²) in [6.07, 6.45) is 5.82. The summed E-state index contributed by atoms with van der Waals surface area (Å²) in [5.74, 6) is 2.35. The summed E-state index contributed by atoms with van der Waals surface area (Å²) >= 11 is 0. The summed E-state index contributed by atoms with van der Waals surface area (Å²) in [4.78, 5) is 11.0. The summed E-state index contributed by atoms with van der Waals surface area (Å²) in [5.41, 5.74) is 0. The van der Waals surface area contributed by atoms with E-state index in [9.17, 15) is 4.79 Å². The van der Waals surface area contributed by atoms with E-state index < -0.39 is 0 Å². The van der Waals surface area contributed by atoms with E-state index in [0.29, 0.717) is 19.7 Å². The van der Waals surface area contributed by atoms with E-state index in [1.54, 1.807) is 7.11 Å². The minimum atomic E-state index is -0.0358. The van der Waals surface area contributed by atoms with Crippen LogP contribution in [0.1, 0.15) is 6.42 Å². The molecular weight excluding hydrogens is 168 g/mol. The van der Waals surface area contributed by atoms with Crippen LogP contribution in [0.3, 0.4) is 0 Å². The minimum Gasteiger partial charge on any atom is -0.385 e. The van der Waals surface area contributed by atoms with Gasteiger partial charge in [-0.05, 0) is 6.42 Å². The number of carbonyl (C=O) groups excluding carboxylic acids is 1. The van der Waals surface area contributed by atoms with Gasteiger partial charge < -0.3 is 10.1 Å². The summed E-state index contributed by atoms with van der Waals surface area (Å²) in [6, 6.07) is 0. The van der Waals surface area contributed by atoms with Crippen molar-refractivity contribution in [1.29, 1.82) is 0 Å². The Morgan fingerprint density at radius 2 is 2.38 bits per heavy atom. The molecule has 0 rings (SSSR count). The Morgan fingerprint density at radius 1 is 1.62 bits per heavy atom. The highest BCUT2D eigenvalue weighted by Crippen LogP contribution is 1.76. The zero-order chi connectivity index (χ0) is 9.94. The van der Waals surface area contributed by atoms with Crippen molar-refractivity contribution < 1.29 is 9.53 Å². The van der Waals surface area contributed by atoms with Gasteiger partial charge in [0.05, 0.1) is 13.1 Å². The van der Waals surface area contributed by atoms with Crippen LogP contribution in [-0.2, 0) is 9.53 Å². The number of carbonyl (C=O) groups is 1. The van der Waals surface area contributed by atoms with Gasteiger partial charge in [0.25, 0.3) is 0 Å². The molecule has 0 unspecified atom stereocenters. The zero-order valence-corrected chi connectivity index (χ0v) is 7.93. The Morgan fingerprint density at radius 3 is 3.00 bits per heavy atom. The predicted molar refractivity (Wildman–Crippen MR) is 51.2 cm³/mol. The lowest BCUT2D eigenvalue weighted by molar-refractivity contribution is -0.120. The van der Waals surface area contributed by atoms with Crippen molar-refractivity contribution >= 4 is 5.91 Å². The first kappa shape index (κ1) is 11.9. The third kappa shape index (κ3) is 8.86. The molecule has 0 saturated carbocycles. The number of hydrogen-bond donors (Lipinski definition) is 2. The smallest absolute Gasteiger partial charge is 0.233 e. The Balaban J connectivity index is 3.16. The van der Waals surface area contributed by atoms with Crippen molar-refractivity contribution in [2.24, 2.45) is 0 Å². The molecule has 0 spiro atoms. The molecule has 0 heterocycles. The maximum Gasteiger partial charge on any atom is 0.233 e. The highest BCUT2D eigenvalue weighted by Gasteiger charge is 1.97. The van der Waals surface area contributed by atoms with E-state index in [4.69, 9.17) is 11.2 Å². The Hall–Kier alpha value is -1.05. The van der Waals surface area contributed by atoms with Crippen molar-refractivity contribution in [3.63, 3.8) is 0 Å². The fourth-order valence-electron chi connectivity index (χ4n) is 0.755. The molecule has 13 heavy (non-hydrogen) atoms. The molecule has 0 aliphatic heterocycles. The molecule has 0 bridgehead atoms. The van der Waals surface area contributed by atoms with Crippen LogP contribution in [0.15, 0.2) is 0 Å². The van der Waals surface area contributed by atoms with E-state index >= 15 is 0 Å². The third-order valence-corrected chi connectivity index (χ3v) is 1.36. The lowest BCUT2D eigenvalue weighted by Crippen LogP contribution is -2.34. The molecule has 0 aromatic carbocycles. The van der Waals surface area contributed by atoms with Crippen molar-refractivity contribution in [3.05, 3.63) is 0 Å². The monoisotopic (exact) mass is 184 g/mol. The molecule has 0 atom stereocenters. The predicted octanol–water partition coefficient (Wildman–Crippen LogP) is -0.638. The highest BCUT2D eigenvalue weighted by atomic mass is 16.5. The van der Waals surface area contributed by atoms with Crippen LogP contribution in [0.5, 0.6) is 0 Å². The molecule has 0 aliphatic carbocycles. The molecule has 0 radical (unpaired) electrons. The number of ether oxygens (including phenoxy) is 1. The standard InChI is InChI=1S/C9H16N2O2/c1-3-5-10-8-9(12)11-6-4-7-13-2/h1,10H,4-8H2,2H3,(H,11,12). The Bertz CT molecular complexity index is 175. The van der Waals surface area contributed by atoms with Crippen LogP contribution in [0.4, 0.5) is 0 Å². The number of hydrogen-bond acceptors (Lipinski definition) is 3. The molecule has 4 heteroatoms. The maximum absolute atomic E-state index is 11.0. The quantitative estimate of drug-likeness (QED) is 0.409. The highest BCUT2D eigenvalue weighted by molar-refractivity contribution is 5.77.